The summed E-state index contributed by atoms with van der Waals surface area (Å²) in [5.41, 5.74) is 5.61. The third-order valence-electron chi connectivity index (χ3n) is 4.57. The second-order valence-corrected chi connectivity index (χ2v) is 8.70. The fourth-order valence-electron chi connectivity index (χ4n) is 3.04. The fraction of sp³-hybridized carbons (Fsp3) is 0.250. The number of H-pyrrole nitrogens is 1. The Bertz CT molecular complexity index is 1160. The van der Waals surface area contributed by atoms with E-state index in [9.17, 15) is 14.4 Å². The molecule has 0 saturated carbocycles. The predicted octanol–water partition coefficient (Wildman–Crippen LogP) is 1.98. The number of aromatic amines is 1. The van der Waals surface area contributed by atoms with Gasteiger partial charge in [0, 0.05) is 18.5 Å². The van der Waals surface area contributed by atoms with Crippen molar-refractivity contribution >= 4 is 40.4 Å². The number of rotatable bonds is 7. The van der Waals surface area contributed by atoms with Crippen molar-refractivity contribution < 1.29 is 4.79 Å². The van der Waals surface area contributed by atoms with Gasteiger partial charge in [0.2, 0.25) is 5.91 Å². The molecule has 1 amide bonds. The molecule has 8 nitrogen and oxygen atoms in total. The molecule has 3 rings (SSSR count). The first-order chi connectivity index (χ1) is 14.3. The van der Waals surface area contributed by atoms with Crippen LogP contribution in [0.5, 0.6) is 0 Å². The number of nitrogens with one attached hydrogen (secondary N) is 1. The lowest BCUT2D eigenvalue weighted by molar-refractivity contribution is -0.119. The number of anilines is 2. The average Bonchev–Trinajstić information content (AvgIpc) is 3.10. The summed E-state index contributed by atoms with van der Waals surface area (Å²) >= 11 is 7.39. The molecule has 0 atom stereocenters. The van der Waals surface area contributed by atoms with Gasteiger partial charge in [0.1, 0.15) is 5.82 Å². The molecule has 0 radical (unpaired) electrons. The number of hydrogen-bond donors (Lipinski definition) is 2. The molecule has 0 aliphatic heterocycles. The van der Waals surface area contributed by atoms with E-state index in [-0.39, 0.29) is 30.5 Å². The molecule has 0 spiro atoms. The number of benzene rings is 1. The van der Waals surface area contributed by atoms with Crippen LogP contribution in [0.4, 0.5) is 11.5 Å². The van der Waals surface area contributed by atoms with Crippen molar-refractivity contribution in [2.75, 3.05) is 31.3 Å². The molecule has 0 aliphatic rings. The maximum atomic E-state index is 12.8. The standard InChI is InChI=1S/C20H22ClN5O3S/c1-24(11-14-8-9-15(21)30-14)12-16(27)25(2)17-18(22)26(20(29)23-19(17)28)10-13-6-4-3-5-7-13/h3-9H,10-12,22H2,1-2H3,(H,23,28,29). The Kier molecular flexibility index (Phi) is 6.76. The normalized spacial score (nSPS) is 11.1. The lowest BCUT2D eigenvalue weighted by Gasteiger charge is -2.23. The van der Waals surface area contributed by atoms with Crippen LogP contribution in [0.2, 0.25) is 4.34 Å². The van der Waals surface area contributed by atoms with Crippen LogP contribution in [0.25, 0.3) is 0 Å². The van der Waals surface area contributed by atoms with Gasteiger partial charge in [0.25, 0.3) is 5.56 Å². The molecule has 3 N–H and O–H groups in total. The maximum absolute atomic E-state index is 12.8. The van der Waals surface area contributed by atoms with Crippen LogP contribution in [-0.4, -0.2) is 41.0 Å². The highest BCUT2D eigenvalue weighted by atomic mass is 35.5. The number of carbonyl (C=O) groups excluding carboxylic acids is 1. The third kappa shape index (κ3) is 4.99. The van der Waals surface area contributed by atoms with Crippen LogP contribution in [0.3, 0.4) is 0 Å². The van der Waals surface area contributed by atoms with Crippen molar-refractivity contribution in [3.05, 3.63) is 78.1 Å². The van der Waals surface area contributed by atoms with Gasteiger partial charge in [0.15, 0.2) is 5.69 Å². The van der Waals surface area contributed by atoms with E-state index >= 15 is 0 Å². The van der Waals surface area contributed by atoms with Crippen LogP contribution in [0.15, 0.2) is 52.1 Å². The van der Waals surface area contributed by atoms with E-state index in [0.29, 0.717) is 10.9 Å². The fourth-order valence-corrected chi connectivity index (χ4v) is 4.21. The monoisotopic (exact) mass is 447 g/mol. The van der Waals surface area contributed by atoms with Crippen LogP contribution in [-0.2, 0) is 17.9 Å². The quantitative estimate of drug-likeness (QED) is 0.576. The largest absolute Gasteiger partial charge is 0.383 e. The second kappa shape index (κ2) is 9.29. The van der Waals surface area contributed by atoms with Gasteiger partial charge < -0.3 is 10.6 Å². The van der Waals surface area contributed by atoms with Crippen molar-refractivity contribution in [1.82, 2.24) is 14.5 Å². The van der Waals surface area contributed by atoms with Crippen LogP contribution in [0, 0.1) is 0 Å². The Balaban J connectivity index is 1.81. The van der Waals surface area contributed by atoms with Crippen molar-refractivity contribution in [1.29, 1.82) is 0 Å². The van der Waals surface area contributed by atoms with Gasteiger partial charge in [-0.15, -0.1) is 11.3 Å². The molecule has 0 saturated heterocycles. The summed E-state index contributed by atoms with van der Waals surface area (Å²) in [7, 11) is 3.26. The highest BCUT2D eigenvalue weighted by Crippen LogP contribution is 2.22. The van der Waals surface area contributed by atoms with E-state index in [4.69, 9.17) is 17.3 Å². The lowest BCUT2D eigenvalue weighted by Crippen LogP contribution is -2.42. The van der Waals surface area contributed by atoms with Crippen molar-refractivity contribution in [3.63, 3.8) is 0 Å². The summed E-state index contributed by atoms with van der Waals surface area (Å²) in [4.78, 5) is 43.8. The number of thiophene rings is 1. The number of carbonyl (C=O) groups is 1. The van der Waals surface area contributed by atoms with Crippen molar-refractivity contribution in [2.45, 2.75) is 13.1 Å². The first kappa shape index (κ1) is 21.8. The molecule has 0 bridgehead atoms. The number of nitrogen functional groups attached to an aromatic ring is 1. The SMILES string of the molecule is CN(CC(=O)N(C)c1c(N)n(Cc2ccccc2)c(=O)[nH]c1=O)Cc1ccc(Cl)s1. The highest BCUT2D eigenvalue weighted by Gasteiger charge is 2.22. The number of nitrogens with zero attached hydrogens (tertiary/aromatic N) is 3. The van der Waals surface area contributed by atoms with E-state index < -0.39 is 11.2 Å². The minimum Gasteiger partial charge on any atom is -0.383 e. The molecule has 0 unspecified atom stereocenters. The highest BCUT2D eigenvalue weighted by molar-refractivity contribution is 7.16. The summed E-state index contributed by atoms with van der Waals surface area (Å²) in [5, 5.41) is 0. The minimum atomic E-state index is -0.703. The summed E-state index contributed by atoms with van der Waals surface area (Å²) in [6.07, 6.45) is 0. The zero-order valence-electron chi connectivity index (χ0n) is 16.6. The number of halogens is 1. The van der Waals surface area contributed by atoms with Gasteiger partial charge in [0.05, 0.1) is 17.4 Å². The summed E-state index contributed by atoms with van der Waals surface area (Å²) in [5.74, 6) is -0.390. The molecule has 2 heterocycles. The van der Waals surface area contributed by atoms with Gasteiger partial charge in [-0.25, -0.2) is 4.79 Å². The Labute approximate surface area is 182 Å². The van der Waals surface area contributed by atoms with Gasteiger partial charge in [-0.3, -0.25) is 24.0 Å². The molecule has 0 fully saturated rings. The molecular formula is C20H22ClN5O3S. The van der Waals surface area contributed by atoms with Crippen molar-refractivity contribution in [3.8, 4) is 0 Å². The molecule has 158 valence electrons. The maximum Gasteiger partial charge on any atom is 0.330 e. The third-order valence-corrected chi connectivity index (χ3v) is 5.78. The Morgan fingerprint density at radius 2 is 1.87 bits per heavy atom. The van der Waals surface area contributed by atoms with E-state index in [0.717, 1.165) is 10.4 Å². The van der Waals surface area contributed by atoms with E-state index in [2.05, 4.69) is 4.98 Å². The van der Waals surface area contributed by atoms with Crippen LogP contribution < -0.4 is 21.9 Å². The second-order valence-electron chi connectivity index (χ2n) is 6.90. The predicted molar refractivity (Wildman–Crippen MR) is 120 cm³/mol. The van der Waals surface area contributed by atoms with Crippen LogP contribution >= 0.6 is 22.9 Å². The molecule has 0 aliphatic carbocycles. The summed E-state index contributed by atoms with van der Waals surface area (Å²) in [6.45, 7) is 0.773. The van der Waals surface area contributed by atoms with E-state index in [1.807, 2.05) is 41.3 Å². The number of hydrogen-bond acceptors (Lipinski definition) is 6. The first-order valence-corrected chi connectivity index (χ1v) is 10.3. The van der Waals surface area contributed by atoms with E-state index in [1.54, 1.807) is 13.1 Å². The smallest absolute Gasteiger partial charge is 0.330 e. The Morgan fingerprint density at radius 3 is 2.50 bits per heavy atom. The van der Waals surface area contributed by atoms with Crippen LogP contribution in [0.1, 0.15) is 10.4 Å². The molecule has 10 heteroatoms. The number of nitrogens with two attached hydrogens (primary N) is 1. The van der Waals surface area contributed by atoms with Gasteiger partial charge >= 0.3 is 5.69 Å². The number of likely N-dealkylation sites (N-methyl/N-ethyl adjacent to an activating group) is 2. The molecule has 3 aromatic rings. The molecule has 1 aromatic carbocycles. The van der Waals surface area contributed by atoms with Gasteiger partial charge in [-0.2, -0.15) is 0 Å². The lowest BCUT2D eigenvalue weighted by atomic mass is 10.2. The molecular weight excluding hydrogens is 426 g/mol. The summed E-state index contributed by atoms with van der Waals surface area (Å²) < 4.78 is 1.93. The average molecular weight is 448 g/mol. The Hall–Kier alpha value is -2.88. The van der Waals surface area contributed by atoms with Crippen molar-refractivity contribution in [2.24, 2.45) is 0 Å². The summed E-state index contributed by atoms with van der Waals surface area (Å²) in [6, 6.07) is 12.9. The molecule has 30 heavy (non-hydrogen) atoms. The van der Waals surface area contributed by atoms with Gasteiger partial charge in [-0.05, 0) is 24.7 Å². The number of amides is 1. The van der Waals surface area contributed by atoms with Gasteiger partial charge in [-0.1, -0.05) is 41.9 Å². The van der Waals surface area contributed by atoms with E-state index in [1.165, 1.54) is 27.9 Å². The first-order valence-electron chi connectivity index (χ1n) is 9.12. The Morgan fingerprint density at radius 1 is 1.17 bits per heavy atom. The zero-order valence-corrected chi connectivity index (χ0v) is 18.2. The minimum absolute atomic E-state index is 0.0527. The topological polar surface area (TPSA) is 104 Å². The zero-order chi connectivity index (χ0) is 21.8. The molecule has 2 aromatic heterocycles. The number of aromatic nitrogens is 2.